The number of benzene rings is 1. The lowest BCUT2D eigenvalue weighted by Gasteiger charge is -2.07. The Balaban J connectivity index is 2.70. The summed E-state index contributed by atoms with van der Waals surface area (Å²) >= 11 is 0. The average molecular weight is 182 g/mol. The van der Waals surface area contributed by atoms with Gasteiger partial charge in [0.1, 0.15) is 5.82 Å². The molecule has 0 saturated heterocycles. The fraction of sp³-hybridized carbons (Fsp3) is 0.455. The molecule has 1 atom stereocenters. The Morgan fingerprint density at radius 2 is 2.15 bits per heavy atom. The molecule has 0 spiro atoms. The zero-order valence-electron chi connectivity index (χ0n) is 8.05. The highest BCUT2D eigenvalue weighted by Crippen LogP contribution is 2.13. The molecule has 0 heterocycles. The van der Waals surface area contributed by atoms with Gasteiger partial charge >= 0.3 is 0 Å². The molecule has 1 nitrogen and oxygen atoms in total. The number of hydrogen-bond acceptors (Lipinski definition) is 1. The highest BCUT2D eigenvalue weighted by Gasteiger charge is 2.02. The van der Waals surface area contributed by atoms with Gasteiger partial charge in [-0.3, -0.25) is 0 Å². The topological polar surface area (TPSA) is 20.2 Å². The van der Waals surface area contributed by atoms with Crippen LogP contribution in [0.1, 0.15) is 24.5 Å². The smallest absolute Gasteiger partial charge is 0.123 e. The predicted octanol–water partition coefficient (Wildman–Crippen LogP) is 2.45. The van der Waals surface area contributed by atoms with Crippen molar-refractivity contribution in [2.24, 2.45) is 0 Å². The van der Waals surface area contributed by atoms with Crippen molar-refractivity contribution in [3.8, 4) is 0 Å². The lowest BCUT2D eigenvalue weighted by Crippen LogP contribution is -2.02. The molecule has 0 amide bonds. The molecule has 0 unspecified atom stereocenters. The summed E-state index contributed by atoms with van der Waals surface area (Å²) in [4.78, 5) is 0. The molecular formula is C11H15FO. The Bertz CT molecular complexity index is 281. The summed E-state index contributed by atoms with van der Waals surface area (Å²) in [5, 5.41) is 9.08. The molecule has 1 N–H and O–H groups in total. The van der Waals surface area contributed by atoms with E-state index in [1.807, 2.05) is 6.92 Å². The van der Waals surface area contributed by atoms with Crippen molar-refractivity contribution in [1.29, 1.82) is 0 Å². The number of aliphatic hydroxyl groups is 1. The van der Waals surface area contributed by atoms with E-state index in [9.17, 15) is 4.39 Å². The third-order valence-corrected chi connectivity index (χ3v) is 2.14. The third kappa shape index (κ3) is 3.15. The van der Waals surface area contributed by atoms with Gasteiger partial charge in [-0.2, -0.15) is 0 Å². The molecule has 0 radical (unpaired) electrons. The molecule has 0 aliphatic carbocycles. The average Bonchev–Trinajstić information content (AvgIpc) is 2.06. The summed E-state index contributed by atoms with van der Waals surface area (Å²) in [6.07, 6.45) is 1.11. The van der Waals surface area contributed by atoms with E-state index in [2.05, 4.69) is 0 Å². The number of halogens is 1. The Morgan fingerprint density at radius 1 is 1.46 bits per heavy atom. The van der Waals surface area contributed by atoms with Crippen LogP contribution < -0.4 is 0 Å². The maximum Gasteiger partial charge on any atom is 0.123 e. The Kier molecular flexibility index (Phi) is 3.43. The van der Waals surface area contributed by atoms with Crippen LogP contribution in [0.5, 0.6) is 0 Å². The maximum absolute atomic E-state index is 12.8. The fourth-order valence-electron chi connectivity index (χ4n) is 1.27. The largest absolute Gasteiger partial charge is 0.393 e. The van der Waals surface area contributed by atoms with Gasteiger partial charge in [-0.15, -0.1) is 0 Å². The van der Waals surface area contributed by atoms with Crippen LogP contribution in [0.3, 0.4) is 0 Å². The highest BCUT2D eigenvalue weighted by atomic mass is 19.1. The lowest BCUT2D eigenvalue weighted by molar-refractivity contribution is 0.185. The molecular weight excluding hydrogens is 167 g/mol. The van der Waals surface area contributed by atoms with Crippen molar-refractivity contribution < 1.29 is 9.50 Å². The van der Waals surface area contributed by atoms with Crippen LogP contribution in [0.15, 0.2) is 18.2 Å². The monoisotopic (exact) mass is 182 g/mol. The summed E-state index contributed by atoms with van der Waals surface area (Å²) in [5.41, 5.74) is 2.07. The Labute approximate surface area is 78.2 Å². The van der Waals surface area contributed by atoms with Crippen LogP contribution in [-0.2, 0) is 6.42 Å². The van der Waals surface area contributed by atoms with Crippen LogP contribution in [-0.4, -0.2) is 11.2 Å². The normalized spacial score (nSPS) is 12.9. The van der Waals surface area contributed by atoms with Crippen molar-refractivity contribution in [1.82, 2.24) is 0 Å². The molecule has 1 aromatic carbocycles. The molecule has 1 aromatic rings. The van der Waals surface area contributed by atoms with E-state index >= 15 is 0 Å². The van der Waals surface area contributed by atoms with Crippen molar-refractivity contribution in [3.05, 3.63) is 35.1 Å². The molecule has 0 aliphatic heterocycles. The van der Waals surface area contributed by atoms with Gasteiger partial charge in [0.05, 0.1) is 6.10 Å². The van der Waals surface area contributed by atoms with Crippen LogP contribution in [0.4, 0.5) is 4.39 Å². The van der Waals surface area contributed by atoms with E-state index in [4.69, 9.17) is 5.11 Å². The van der Waals surface area contributed by atoms with Crippen molar-refractivity contribution >= 4 is 0 Å². The van der Waals surface area contributed by atoms with Crippen molar-refractivity contribution in [3.63, 3.8) is 0 Å². The van der Waals surface area contributed by atoms with Crippen molar-refractivity contribution in [2.75, 3.05) is 0 Å². The summed E-state index contributed by atoms with van der Waals surface area (Å²) in [6.45, 7) is 3.70. The SMILES string of the molecule is Cc1ccc(F)cc1CC[C@H](C)O. The summed E-state index contributed by atoms with van der Waals surface area (Å²) < 4.78 is 12.8. The molecule has 13 heavy (non-hydrogen) atoms. The molecule has 0 aliphatic rings. The first-order valence-corrected chi connectivity index (χ1v) is 4.52. The minimum atomic E-state index is -0.317. The van der Waals surface area contributed by atoms with Crippen LogP contribution in [0.2, 0.25) is 0 Å². The number of rotatable bonds is 3. The number of aliphatic hydroxyl groups excluding tert-OH is 1. The zero-order valence-corrected chi connectivity index (χ0v) is 8.05. The van der Waals surface area contributed by atoms with Crippen LogP contribution >= 0.6 is 0 Å². The first-order chi connectivity index (χ1) is 6.09. The minimum Gasteiger partial charge on any atom is -0.393 e. The molecule has 2 heteroatoms. The zero-order chi connectivity index (χ0) is 9.84. The second kappa shape index (κ2) is 4.38. The van der Waals surface area contributed by atoms with E-state index in [-0.39, 0.29) is 11.9 Å². The van der Waals surface area contributed by atoms with E-state index < -0.39 is 0 Å². The highest BCUT2D eigenvalue weighted by molar-refractivity contribution is 5.26. The predicted molar refractivity (Wildman–Crippen MR) is 51.1 cm³/mol. The second-order valence-electron chi connectivity index (χ2n) is 3.46. The lowest BCUT2D eigenvalue weighted by atomic mass is 10.0. The van der Waals surface area contributed by atoms with Gasteiger partial charge in [-0.25, -0.2) is 4.39 Å². The second-order valence-corrected chi connectivity index (χ2v) is 3.46. The van der Waals surface area contributed by atoms with Gasteiger partial charge in [0.25, 0.3) is 0 Å². The minimum absolute atomic E-state index is 0.203. The van der Waals surface area contributed by atoms with Gasteiger partial charge < -0.3 is 5.11 Å². The molecule has 0 fully saturated rings. The first-order valence-electron chi connectivity index (χ1n) is 4.52. The quantitative estimate of drug-likeness (QED) is 0.761. The third-order valence-electron chi connectivity index (χ3n) is 2.14. The van der Waals surface area contributed by atoms with Gasteiger partial charge in [0.2, 0.25) is 0 Å². The van der Waals surface area contributed by atoms with Gasteiger partial charge in [-0.1, -0.05) is 6.07 Å². The summed E-state index contributed by atoms with van der Waals surface area (Å²) in [5.74, 6) is -0.203. The molecule has 0 aromatic heterocycles. The van der Waals surface area contributed by atoms with E-state index in [1.165, 1.54) is 12.1 Å². The molecule has 72 valence electrons. The molecule has 0 saturated carbocycles. The van der Waals surface area contributed by atoms with Crippen molar-refractivity contribution in [2.45, 2.75) is 32.8 Å². The number of aryl methyl sites for hydroxylation is 2. The van der Waals surface area contributed by atoms with Gasteiger partial charge in [0.15, 0.2) is 0 Å². The Morgan fingerprint density at radius 3 is 2.77 bits per heavy atom. The first kappa shape index (κ1) is 10.2. The molecule has 0 bridgehead atoms. The van der Waals surface area contributed by atoms with Crippen LogP contribution in [0.25, 0.3) is 0 Å². The van der Waals surface area contributed by atoms with Gasteiger partial charge in [-0.05, 0) is 49.9 Å². The Hall–Kier alpha value is -0.890. The van der Waals surface area contributed by atoms with E-state index in [1.54, 1.807) is 13.0 Å². The van der Waals surface area contributed by atoms with Crippen LogP contribution in [0, 0.1) is 12.7 Å². The van der Waals surface area contributed by atoms with E-state index in [0.717, 1.165) is 17.5 Å². The van der Waals surface area contributed by atoms with Gasteiger partial charge in [0, 0.05) is 0 Å². The summed E-state index contributed by atoms with van der Waals surface area (Å²) in [6, 6.07) is 4.77. The van der Waals surface area contributed by atoms with E-state index in [0.29, 0.717) is 6.42 Å². The number of hydrogen-bond donors (Lipinski definition) is 1. The molecule has 1 rings (SSSR count). The fourth-order valence-corrected chi connectivity index (χ4v) is 1.27. The maximum atomic E-state index is 12.8. The standard InChI is InChI=1S/C11H15FO/c1-8-3-6-11(12)7-10(8)5-4-9(2)13/h3,6-7,9,13H,4-5H2,1-2H3/t9-/m0/s1. The summed E-state index contributed by atoms with van der Waals surface area (Å²) in [7, 11) is 0.